The summed E-state index contributed by atoms with van der Waals surface area (Å²) in [7, 11) is 0. The van der Waals surface area contributed by atoms with Crippen molar-refractivity contribution in [3.63, 3.8) is 0 Å². The zero-order chi connectivity index (χ0) is 17.0. The lowest BCUT2D eigenvalue weighted by Crippen LogP contribution is -2.32. The van der Waals surface area contributed by atoms with Crippen molar-refractivity contribution < 1.29 is 29.7 Å². The van der Waals surface area contributed by atoms with Gasteiger partial charge in [0.15, 0.2) is 0 Å². The van der Waals surface area contributed by atoms with E-state index in [0.717, 1.165) is 5.39 Å². The molecule has 120 valence electrons. The van der Waals surface area contributed by atoms with Gasteiger partial charge in [-0.1, -0.05) is 30.3 Å². The number of aromatic carboxylic acids is 1. The Morgan fingerprint density at radius 3 is 2.30 bits per heavy atom. The first-order chi connectivity index (χ1) is 10.9. The number of carbonyl (C=O) groups excluding carboxylic acids is 1. The summed E-state index contributed by atoms with van der Waals surface area (Å²) >= 11 is 0. The molecule has 23 heavy (non-hydrogen) atoms. The molecule has 0 spiro atoms. The molecule has 0 aromatic heterocycles. The third-order valence-electron chi connectivity index (χ3n) is 3.42. The van der Waals surface area contributed by atoms with Gasteiger partial charge in [-0.05, 0) is 17.9 Å². The van der Waals surface area contributed by atoms with Crippen LogP contribution < -0.4 is 5.32 Å². The maximum atomic E-state index is 10.7. The highest BCUT2D eigenvalue weighted by molar-refractivity contribution is 6.00. The van der Waals surface area contributed by atoms with Crippen molar-refractivity contribution in [2.75, 3.05) is 0 Å². The summed E-state index contributed by atoms with van der Waals surface area (Å²) in [5.74, 6) is -2.40. The van der Waals surface area contributed by atoms with E-state index in [2.05, 4.69) is 5.32 Å². The summed E-state index contributed by atoms with van der Waals surface area (Å²) < 4.78 is 0. The number of amides is 1. The highest BCUT2D eigenvalue weighted by atomic mass is 16.4. The fraction of sp³-hybridized carbons (Fsp3) is 0.188. The van der Waals surface area contributed by atoms with Crippen LogP contribution in [-0.4, -0.2) is 39.2 Å². The molecule has 7 heteroatoms. The molecule has 1 heterocycles. The Morgan fingerprint density at radius 1 is 1.09 bits per heavy atom. The van der Waals surface area contributed by atoms with Gasteiger partial charge in [0, 0.05) is 11.8 Å². The smallest absolute Gasteiger partial charge is 0.339 e. The largest absolute Gasteiger partial charge is 0.506 e. The van der Waals surface area contributed by atoms with Gasteiger partial charge in [0.05, 0.1) is 0 Å². The van der Waals surface area contributed by atoms with Gasteiger partial charge in [-0.15, -0.1) is 0 Å². The van der Waals surface area contributed by atoms with E-state index in [-0.39, 0.29) is 17.2 Å². The van der Waals surface area contributed by atoms with Gasteiger partial charge in [0.1, 0.15) is 17.4 Å². The van der Waals surface area contributed by atoms with E-state index in [9.17, 15) is 19.5 Å². The minimum Gasteiger partial charge on any atom is -0.506 e. The number of hydrogen-bond acceptors (Lipinski definition) is 4. The molecule has 2 aromatic rings. The predicted molar refractivity (Wildman–Crippen MR) is 81.4 cm³/mol. The van der Waals surface area contributed by atoms with Crippen LogP contribution in [0.3, 0.4) is 0 Å². The van der Waals surface area contributed by atoms with E-state index >= 15 is 0 Å². The molecule has 2 aromatic carbocycles. The molecular weight excluding hydrogens is 302 g/mol. The molecular formula is C16H15NO6. The lowest BCUT2D eigenvalue weighted by molar-refractivity contribution is -0.140. The first kappa shape index (κ1) is 16.3. The number of aliphatic carboxylic acids is 1. The molecule has 7 nitrogen and oxygen atoms in total. The number of rotatable bonds is 2. The van der Waals surface area contributed by atoms with Crippen molar-refractivity contribution in [1.29, 1.82) is 0 Å². The van der Waals surface area contributed by atoms with Crippen LogP contribution >= 0.6 is 0 Å². The monoisotopic (exact) mass is 317 g/mol. The van der Waals surface area contributed by atoms with Crippen LogP contribution in [0.15, 0.2) is 36.4 Å². The predicted octanol–water partition coefficient (Wildman–Crippen LogP) is 1.59. The van der Waals surface area contributed by atoms with Crippen molar-refractivity contribution in [1.82, 2.24) is 5.32 Å². The summed E-state index contributed by atoms with van der Waals surface area (Å²) in [6, 6.07) is 9.55. The number of nitrogens with one attached hydrogen (secondary N) is 1. The molecule has 1 atom stereocenters. The van der Waals surface area contributed by atoms with E-state index in [1.54, 1.807) is 18.2 Å². The van der Waals surface area contributed by atoms with E-state index in [4.69, 9.17) is 10.2 Å². The number of phenols is 1. The molecule has 1 aliphatic heterocycles. The summed E-state index contributed by atoms with van der Waals surface area (Å²) in [5.41, 5.74) is -0.0660. The van der Waals surface area contributed by atoms with Crippen LogP contribution in [-0.2, 0) is 9.59 Å². The average Bonchev–Trinajstić information content (AvgIpc) is 2.95. The minimum absolute atomic E-state index is 0.0660. The summed E-state index contributed by atoms with van der Waals surface area (Å²) in [4.78, 5) is 31.2. The molecule has 1 amide bonds. The standard InChI is InChI=1S/C11H8O3.C5H7NO3/c12-10-8-4-2-1-3-7(8)5-6-9(10)11(13)14;7-4-2-1-3(6-4)5(8)9/h1-6,12H,(H,13,14);3H,1-2H2,(H,6,7)(H,8,9)/t;3-/m.0/s1. The molecule has 0 aliphatic carbocycles. The first-order valence-electron chi connectivity index (χ1n) is 6.86. The van der Waals surface area contributed by atoms with Gasteiger partial charge < -0.3 is 20.6 Å². The van der Waals surface area contributed by atoms with Gasteiger partial charge in [0.25, 0.3) is 0 Å². The SMILES string of the molecule is O=C(O)c1ccc2ccccc2c1O.O=C1CC[C@@H](C(=O)O)N1. The van der Waals surface area contributed by atoms with Gasteiger partial charge in [0.2, 0.25) is 5.91 Å². The average molecular weight is 317 g/mol. The van der Waals surface area contributed by atoms with Crippen molar-refractivity contribution in [2.24, 2.45) is 0 Å². The molecule has 0 bridgehead atoms. The van der Waals surface area contributed by atoms with Crippen LogP contribution in [0.2, 0.25) is 0 Å². The van der Waals surface area contributed by atoms with Crippen molar-refractivity contribution >= 4 is 28.6 Å². The number of aromatic hydroxyl groups is 1. The summed E-state index contributed by atoms with van der Waals surface area (Å²) in [6.45, 7) is 0. The Labute approximate surface area is 131 Å². The number of carboxylic acid groups (broad SMARTS) is 2. The normalized spacial score (nSPS) is 16.3. The zero-order valence-electron chi connectivity index (χ0n) is 12.0. The topological polar surface area (TPSA) is 124 Å². The second-order valence-corrected chi connectivity index (χ2v) is 4.99. The van der Waals surface area contributed by atoms with Crippen LogP contribution in [0.25, 0.3) is 10.8 Å². The second-order valence-electron chi connectivity index (χ2n) is 4.99. The fourth-order valence-corrected chi connectivity index (χ4v) is 2.23. The van der Waals surface area contributed by atoms with Crippen LogP contribution in [0, 0.1) is 0 Å². The lowest BCUT2D eigenvalue weighted by atomic mass is 10.1. The lowest BCUT2D eigenvalue weighted by Gasteiger charge is -2.03. The van der Waals surface area contributed by atoms with Crippen molar-refractivity contribution in [3.05, 3.63) is 42.0 Å². The summed E-state index contributed by atoms with van der Waals surface area (Å²) in [6.07, 6.45) is 0.769. The second kappa shape index (κ2) is 6.78. The Morgan fingerprint density at radius 2 is 1.78 bits per heavy atom. The van der Waals surface area contributed by atoms with Crippen molar-refractivity contribution in [2.45, 2.75) is 18.9 Å². The van der Waals surface area contributed by atoms with Crippen molar-refractivity contribution in [3.8, 4) is 5.75 Å². The Hall–Kier alpha value is -3.09. The maximum absolute atomic E-state index is 10.7. The minimum atomic E-state index is -1.12. The molecule has 4 N–H and O–H groups in total. The molecule has 0 radical (unpaired) electrons. The molecule has 1 aliphatic rings. The highest BCUT2D eigenvalue weighted by Crippen LogP contribution is 2.28. The van der Waals surface area contributed by atoms with E-state index in [1.165, 1.54) is 6.07 Å². The number of carboxylic acids is 2. The van der Waals surface area contributed by atoms with Gasteiger partial charge in [-0.2, -0.15) is 0 Å². The maximum Gasteiger partial charge on any atom is 0.339 e. The van der Waals surface area contributed by atoms with E-state index < -0.39 is 18.0 Å². The Kier molecular flexibility index (Phi) is 4.80. The van der Waals surface area contributed by atoms with Gasteiger partial charge in [-0.3, -0.25) is 4.79 Å². The molecule has 0 saturated carbocycles. The third-order valence-corrected chi connectivity index (χ3v) is 3.42. The number of benzene rings is 2. The Balaban J connectivity index is 0.000000185. The molecule has 0 unspecified atom stereocenters. The zero-order valence-corrected chi connectivity index (χ0v) is 12.0. The van der Waals surface area contributed by atoms with Crippen LogP contribution in [0.5, 0.6) is 5.75 Å². The summed E-state index contributed by atoms with van der Waals surface area (Å²) in [5, 5.41) is 30.4. The molecule has 3 rings (SSSR count). The first-order valence-corrected chi connectivity index (χ1v) is 6.86. The number of fused-ring (bicyclic) bond motifs is 1. The van der Waals surface area contributed by atoms with Crippen LogP contribution in [0.4, 0.5) is 0 Å². The molecule has 1 fully saturated rings. The number of carbonyl (C=O) groups is 3. The molecule has 1 saturated heterocycles. The van der Waals surface area contributed by atoms with Gasteiger partial charge >= 0.3 is 11.9 Å². The van der Waals surface area contributed by atoms with Gasteiger partial charge in [-0.25, -0.2) is 9.59 Å². The Bertz CT molecular complexity index is 770. The number of hydrogen-bond donors (Lipinski definition) is 4. The quantitative estimate of drug-likeness (QED) is 0.667. The van der Waals surface area contributed by atoms with E-state index in [1.807, 2.05) is 12.1 Å². The third kappa shape index (κ3) is 3.76. The fourth-order valence-electron chi connectivity index (χ4n) is 2.23. The highest BCUT2D eigenvalue weighted by Gasteiger charge is 2.26. The van der Waals surface area contributed by atoms with E-state index in [0.29, 0.717) is 18.2 Å². The van der Waals surface area contributed by atoms with Crippen LogP contribution in [0.1, 0.15) is 23.2 Å².